The number of halogens is 1. The van der Waals surface area contributed by atoms with Crippen LogP contribution < -0.4 is 10.4 Å². The molecule has 1 unspecified atom stereocenters. The fraction of sp³-hybridized carbons (Fsp3) is 0.214. The second-order valence-electron chi connectivity index (χ2n) is 9.45. The topological polar surface area (TPSA) is 9.23 Å². The molecule has 5 rings (SSSR count). The molecular weight excluding hydrogens is 460 g/mol. The van der Waals surface area contributed by atoms with E-state index in [1.807, 2.05) is 0 Å². The molecule has 4 aromatic rings. The van der Waals surface area contributed by atoms with E-state index in [1.54, 1.807) is 0 Å². The highest BCUT2D eigenvalue weighted by Gasteiger charge is 2.52. The largest absolute Gasteiger partial charge is 0.400 e. The normalized spacial score (nSPS) is 16.1. The van der Waals surface area contributed by atoms with Crippen LogP contribution in [0.15, 0.2) is 95.5 Å². The molecule has 4 aromatic carbocycles. The molecule has 1 aliphatic carbocycles. The van der Waals surface area contributed by atoms with Crippen LogP contribution in [0.1, 0.15) is 38.0 Å². The lowest BCUT2D eigenvalue weighted by atomic mass is 10.1. The Labute approximate surface area is 194 Å². The van der Waals surface area contributed by atoms with Crippen LogP contribution in [-0.2, 0) is 10.8 Å². The summed E-state index contributed by atoms with van der Waals surface area (Å²) in [6.07, 6.45) is 0.979. The predicted molar refractivity (Wildman–Crippen MR) is 137 cm³/mol. The lowest BCUT2D eigenvalue weighted by Gasteiger charge is -2.44. The maximum atomic E-state index is 7.47. The summed E-state index contributed by atoms with van der Waals surface area (Å²) in [7, 11) is -2.60. The monoisotopic (exact) mass is 486 g/mol. The van der Waals surface area contributed by atoms with E-state index in [0.717, 1.165) is 10.9 Å². The Bertz CT molecular complexity index is 1190. The summed E-state index contributed by atoms with van der Waals surface area (Å²) >= 11 is 3.75. The Morgan fingerprint density at radius 1 is 0.774 bits per heavy atom. The van der Waals surface area contributed by atoms with Crippen molar-refractivity contribution in [2.75, 3.05) is 0 Å². The molecule has 1 atom stereocenters. The van der Waals surface area contributed by atoms with Gasteiger partial charge in [-0.15, -0.1) is 0 Å². The number of hydrogen-bond acceptors (Lipinski definition) is 1. The average molecular weight is 488 g/mol. The zero-order chi connectivity index (χ0) is 21.6. The summed E-state index contributed by atoms with van der Waals surface area (Å²) < 4.78 is 8.62. The van der Waals surface area contributed by atoms with Crippen molar-refractivity contribution in [2.24, 2.45) is 0 Å². The van der Waals surface area contributed by atoms with Gasteiger partial charge in [0.25, 0.3) is 8.32 Å². The minimum atomic E-state index is -2.60. The van der Waals surface area contributed by atoms with Gasteiger partial charge >= 0.3 is 0 Å². The molecular formula is C28H27BrOSi. The van der Waals surface area contributed by atoms with Crippen LogP contribution in [0.5, 0.6) is 0 Å². The minimum Gasteiger partial charge on any atom is -0.400 e. The first-order valence-corrected chi connectivity index (χ1v) is 13.6. The predicted octanol–water partition coefficient (Wildman–Crippen LogP) is 6.78. The van der Waals surface area contributed by atoms with Gasteiger partial charge in [0.05, 0.1) is 6.10 Å². The van der Waals surface area contributed by atoms with Crippen LogP contribution in [0.25, 0.3) is 10.8 Å². The summed E-state index contributed by atoms with van der Waals surface area (Å²) in [6.45, 7) is 7.04. The van der Waals surface area contributed by atoms with Crippen molar-refractivity contribution in [3.8, 4) is 0 Å². The van der Waals surface area contributed by atoms with E-state index in [4.69, 9.17) is 4.43 Å². The maximum Gasteiger partial charge on any atom is 0.261 e. The molecule has 0 bridgehead atoms. The average Bonchev–Trinajstić information content (AvgIpc) is 3.13. The van der Waals surface area contributed by atoms with Crippen LogP contribution in [0.3, 0.4) is 0 Å². The lowest BCUT2D eigenvalue weighted by molar-refractivity contribution is 0.198. The van der Waals surface area contributed by atoms with E-state index in [2.05, 4.69) is 128 Å². The van der Waals surface area contributed by atoms with Gasteiger partial charge in [0.15, 0.2) is 0 Å². The van der Waals surface area contributed by atoms with Crippen LogP contribution in [0.4, 0.5) is 0 Å². The number of benzene rings is 4. The SMILES string of the molecule is CC(C)(C)[Si](OC1Cc2ccc(Br)c3cccc1c23)(c1ccccc1)c1ccccc1. The van der Waals surface area contributed by atoms with E-state index >= 15 is 0 Å². The number of rotatable bonds is 4. The van der Waals surface area contributed by atoms with Crippen LogP contribution in [-0.4, -0.2) is 8.32 Å². The molecule has 3 heteroatoms. The van der Waals surface area contributed by atoms with Crippen molar-refractivity contribution in [2.45, 2.75) is 38.3 Å². The molecule has 0 fully saturated rings. The van der Waals surface area contributed by atoms with Gasteiger partial charge in [-0.05, 0) is 43.4 Å². The number of hydrogen-bond donors (Lipinski definition) is 0. The van der Waals surface area contributed by atoms with Crippen molar-refractivity contribution in [3.05, 3.63) is 107 Å². The molecule has 0 spiro atoms. The molecule has 31 heavy (non-hydrogen) atoms. The Kier molecular flexibility index (Phi) is 5.16. The third kappa shape index (κ3) is 3.31. The highest BCUT2D eigenvalue weighted by Crippen LogP contribution is 2.46. The Morgan fingerprint density at radius 2 is 1.39 bits per heavy atom. The van der Waals surface area contributed by atoms with Gasteiger partial charge in [-0.3, -0.25) is 0 Å². The van der Waals surface area contributed by atoms with Gasteiger partial charge in [0, 0.05) is 10.9 Å². The fourth-order valence-corrected chi connectivity index (χ4v) is 10.3. The maximum absolute atomic E-state index is 7.47. The van der Waals surface area contributed by atoms with Crippen LogP contribution in [0, 0.1) is 0 Å². The Balaban J connectivity index is 1.71. The van der Waals surface area contributed by atoms with Crippen molar-refractivity contribution in [1.29, 1.82) is 0 Å². The summed E-state index contributed by atoms with van der Waals surface area (Å²) in [4.78, 5) is 0. The van der Waals surface area contributed by atoms with Gasteiger partial charge in [-0.2, -0.15) is 0 Å². The van der Waals surface area contributed by atoms with Gasteiger partial charge in [0.2, 0.25) is 0 Å². The summed E-state index contributed by atoms with van der Waals surface area (Å²) in [5.74, 6) is 0. The van der Waals surface area contributed by atoms with E-state index in [9.17, 15) is 0 Å². The first-order chi connectivity index (χ1) is 14.9. The minimum absolute atomic E-state index is 0.0288. The smallest absolute Gasteiger partial charge is 0.261 e. The zero-order valence-electron chi connectivity index (χ0n) is 18.2. The highest BCUT2D eigenvalue weighted by atomic mass is 79.9. The highest BCUT2D eigenvalue weighted by molar-refractivity contribution is 9.10. The molecule has 0 N–H and O–H groups in total. The summed E-state index contributed by atoms with van der Waals surface area (Å²) in [6, 6.07) is 32.9. The zero-order valence-corrected chi connectivity index (χ0v) is 20.8. The van der Waals surface area contributed by atoms with E-state index in [-0.39, 0.29) is 11.1 Å². The quantitative estimate of drug-likeness (QED) is 0.289. The van der Waals surface area contributed by atoms with Gasteiger partial charge in [0.1, 0.15) is 0 Å². The van der Waals surface area contributed by atoms with Gasteiger partial charge in [-0.1, -0.05) is 122 Å². The molecule has 0 aromatic heterocycles. The lowest BCUT2D eigenvalue weighted by Crippen LogP contribution is -2.66. The molecule has 0 radical (unpaired) electrons. The first kappa shape index (κ1) is 20.7. The van der Waals surface area contributed by atoms with E-state index in [0.29, 0.717) is 0 Å². The Morgan fingerprint density at radius 3 is 1.97 bits per heavy atom. The second-order valence-corrected chi connectivity index (χ2v) is 14.6. The van der Waals surface area contributed by atoms with Crippen LogP contribution >= 0.6 is 15.9 Å². The van der Waals surface area contributed by atoms with Crippen molar-refractivity contribution >= 4 is 45.4 Å². The Hall–Kier alpha value is -2.20. The summed E-state index contributed by atoms with van der Waals surface area (Å²) in [5, 5.41) is 5.28. The van der Waals surface area contributed by atoms with Crippen molar-refractivity contribution in [1.82, 2.24) is 0 Å². The first-order valence-electron chi connectivity index (χ1n) is 10.9. The molecule has 0 amide bonds. The van der Waals surface area contributed by atoms with Crippen molar-refractivity contribution < 1.29 is 4.43 Å². The third-order valence-electron chi connectivity index (χ3n) is 6.59. The van der Waals surface area contributed by atoms with E-state index in [1.165, 1.54) is 32.3 Å². The third-order valence-corrected chi connectivity index (χ3v) is 12.3. The molecule has 0 saturated carbocycles. The molecule has 156 valence electrons. The molecule has 0 heterocycles. The summed E-state index contributed by atoms with van der Waals surface area (Å²) in [5.41, 5.74) is 2.71. The van der Waals surface area contributed by atoms with E-state index < -0.39 is 8.32 Å². The second kappa shape index (κ2) is 7.74. The molecule has 1 aliphatic rings. The fourth-order valence-electron chi connectivity index (χ4n) is 5.23. The molecule has 0 saturated heterocycles. The molecule has 0 aliphatic heterocycles. The molecule has 1 nitrogen and oxygen atoms in total. The standard InChI is InChI=1S/C28H27BrOSi/c1-28(2,3)31(21-11-6-4-7-12-21,22-13-8-5-9-14-22)30-26-19-20-17-18-25(29)23-15-10-16-24(26)27(20)23/h4-18,26H,19H2,1-3H3. The van der Waals surface area contributed by atoms with Crippen molar-refractivity contribution in [3.63, 3.8) is 0 Å². The van der Waals surface area contributed by atoms with Crippen LogP contribution in [0.2, 0.25) is 5.04 Å². The van der Waals surface area contributed by atoms with Gasteiger partial charge in [-0.25, -0.2) is 0 Å². The van der Waals surface area contributed by atoms with Gasteiger partial charge < -0.3 is 4.43 Å².